The molecule has 7 nitrogen and oxygen atoms in total. The molecule has 29 heavy (non-hydrogen) atoms. The van der Waals surface area contributed by atoms with Gasteiger partial charge in [-0.15, -0.1) is 0 Å². The molecule has 0 spiro atoms. The van der Waals surface area contributed by atoms with Crippen LogP contribution < -0.4 is 11.1 Å². The molecule has 2 aromatic heterocycles. The smallest absolute Gasteiger partial charge is 0.321 e. The summed E-state index contributed by atoms with van der Waals surface area (Å²) in [7, 11) is 0. The third-order valence-corrected chi connectivity index (χ3v) is 4.87. The molecule has 2 heterocycles. The lowest BCUT2D eigenvalue weighted by molar-refractivity contribution is 0.369. The van der Waals surface area contributed by atoms with Crippen molar-refractivity contribution in [2.75, 3.05) is 0 Å². The molecule has 0 N–H and O–H groups in total. The molecule has 0 aliphatic rings. The molecule has 2 aromatic carbocycles. The summed E-state index contributed by atoms with van der Waals surface area (Å²) in [6.07, 6.45) is 3.12. The van der Waals surface area contributed by atoms with Crippen LogP contribution in [0.1, 0.15) is 17.0 Å². The van der Waals surface area contributed by atoms with Gasteiger partial charge in [0.1, 0.15) is 6.54 Å². The first-order valence-corrected chi connectivity index (χ1v) is 9.29. The second kappa shape index (κ2) is 7.52. The fourth-order valence-electron chi connectivity index (χ4n) is 3.18. The Morgan fingerprint density at radius 1 is 0.966 bits per heavy atom. The second-order valence-electron chi connectivity index (χ2n) is 6.67. The highest BCUT2D eigenvalue weighted by Gasteiger charge is 2.14. The number of halogens is 1. The highest BCUT2D eigenvalue weighted by atomic mass is 35.5. The van der Waals surface area contributed by atoms with Crippen LogP contribution in [0.3, 0.4) is 0 Å². The van der Waals surface area contributed by atoms with Crippen LogP contribution in [0.15, 0.2) is 69.0 Å². The number of hydrogen-bond acceptors (Lipinski definition) is 5. The number of aryl methyl sites for hydroxylation is 2. The van der Waals surface area contributed by atoms with E-state index in [1.165, 1.54) is 9.13 Å². The molecule has 0 fully saturated rings. The molecule has 8 heteroatoms. The predicted octanol–water partition coefficient (Wildman–Crippen LogP) is 3.37. The average molecular weight is 409 g/mol. The summed E-state index contributed by atoms with van der Waals surface area (Å²) in [5.74, 6) is 0.606. The van der Waals surface area contributed by atoms with Gasteiger partial charge in [0.05, 0.1) is 5.69 Å². The van der Waals surface area contributed by atoms with E-state index in [9.17, 15) is 9.59 Å². The van der Waals surface area contributed by atoms with Crippen LogP contribution in [0.2, 0.25) is 5.02 Å². The Morgan fingerprint density at radius 3 is 2.34 bits per heavy atom. The summed E-state index contributed by atoms with van der Waals surface area (Å²) in [6.45, 7) is 3.80. The molecule has 4 aromatic rings. The molecule has 0 aliphatic heterocycles. The minimum absolute atomic E-state index is 0.00224. The number of rotatable bonds is 4. The highest BCUT2D eigenvalue weighted by Crippen LogP contribution is 2.19. The van der Waals surface area contributed by atoms with E-state index in [1.807, 2.05) is 32.0 Å². The van der Waals surface area contributed by atoms with E-state index in [4.69, 9.17) is 16.1 Å². The van der Waals surface area contributed by atoms with Gasteiger partial charge in [-0.1, -0.05) is 35.0 Å². The molecule has 4 rings (SSSR count). The third-order valence-electron chi connectivity index (χ3n) is 4.61. The Bertz CT molecular complexity index is 1280. The van der Waals surface area contributed by atoms with E-state index < -0.39 is 11.1 Å². The maximum atomic E-state index is 12.7. The molecule has 0 saturated heterocycles. The van der Waals surface area contributed by atoms with Crippen LogP contribution in [0.25, 0.3) is 17.1 Å². The standard InChI is InChI=1S/C21H17ClN4O3/c1-13-4-3-5-14(2)18(13)26-11-10-25(20(27)21(26)28)12-17-23-19(24-29-17)15-6-8-16(22)9-7-15/h3-11H,12H2,1-2H3. The van der Waals surface area contributed by atoms with Crippen molar-refractivity contribution in [3.8, 4) is 17.1 Å². The summed E-state index contributed by atoms with van der Waals surface area (Å²) in [5, 5.41) is 4.53. The van der Waals surface area contributed by atoms with Crippen molar-refractivity contribution in [3.05, 3.63) is 97.6 Å². The largest absolute Gasteiger partial charge is 0.337 e. The number of aromatic nitrogens is 4. The summed E-state index contributed by atoms with van der Waals surface area (Å²) < 4.78 is 7.87. The minimum atomic E-state index is -0.665. The number of nitrogens with zero attached hydrogens (tertiary/aromatic N) is 4. The van der Waals surface area contributed by atoms with Gasteiger partial charge in [-0.3, -0.25) is 18.7 Å². The van der Waals surface area contributed by atoms with Crippen molar-refractivity contribution in [1.82, 2.24) is 19.3 Å². The fraction of sp³-hybridized carbons (Fsp3) is 0.143. The molecule has 0 aliphatic carbocycles. The van der Waals surface area contributed by atoms with Gasteiger partial charge in [-0.25, -0.2) is 0 Å². The van der Waals surface area contributed by atoms with E-state index in [-0.39, 0.29) is 12.4 Å². The highest BCUT2D eigenvalue weighted by molar-refractivity contribution is 6.30. The normalized spacial score (nSPS) is 11.0. The molecule has 0 bridgehead atoms. The van der Waals surface area contributed by atoms with Gasteiger partial charge >= 0.3 is 11.1 Å². The number of hydrogen-bond donors (Lipinski definition) is 0. The SMILES string of the molecule is Cc1cccc(C)c1-n1ccn(Cc2nc(-c3ccc(Cl)cc3)no2)c(=O)c1=O. The van der Waals surface area contributed by atoms with Crippen molar-refractivity contribution < 1.29 is 4.52 Å². The topological polar surface area (TPSA) is 82.9 Å². The minimum Gasteiger partial charge on any atom is -0.337 e. The number of para-hydroxylation sites is 1. The van der Waals surface area contributed by atoms with Gasteiger partial charge in [0.2, 0.25) is 11.7 Å². The van der Waals surface area contributed by atoms with Crippen molar-refractivity contribution in [3.63, 3.8) is 0 Å². The Balaban J connectivity index is 1.66. The summed E-state index contributed by atoms with van der Waals surface area (Å²) in [5.41, 5.74) is 1.97. The maximum absolute atomic E-state index is 12.7. The van der Waals surface area contributed by atoms with E-state index >= 15 is 0 Å². The Morgan fingerprint density at radius 2 is 1.66 bits per heavy atom. The van der Waals surface area contributed by atoms with Crippen LogP contribution in [-0.4, -0.2) is 19.3 Å². The molecule has 0 radical (unpaired) electrons. The quantitative estimate of drug-likeness (QED) is 0.483. The molecule has 0 unspecified atom stereocenters. The summed E-state index contributed by atoms with van der Waals surface area (Å²) in [4.78, 5) is 29.6. The lowest BCUT2D eigenvalue weighted by Crippen LogP contribution is -2.40. The molecule has 0 atom stereocenters. The van der Waals surface area contributed by atoms with Crippen LogP contribution in [0.4, 0.5) is 0 Å². The molecular formula is C21H17ClN4O3. The molecule has 146 valence electrons. The molecular weight excluding hydrogens is 392 g/mol. The third kappa shape index (κ3) is 3.64. The monoisotopic (exact) mass is 408 g/mol. The summed E-state index contributed by atoms with van der Waals surface area (Å²) >= 11 is 5.89. The van der Waals surface area contributed by atoms with Crippen LogP contribution in [-0.2, 0) is 6.54 Å². The average Bonchev–Trinajstić information content (AvgIpc) is 3.16. The first-order valence-electron chi connectivity index (χ1n) is 8.91. The van der Waals surface area contributed by atoms with Crippen LogP contribution >= 0.6 is 11.6 Å². The lowest BCUT2D eigenvalue weighted by Gasteiger charge is -2.12. The van der Waals surface area contributed by atoms with E-state index in [1.54, 1.807) is 36.7 Å². The van der Waals surface area contributed by atoms with Gasteiger partial charge in [-0.2, -0.15) is 4.98 Å². The maximum Gasteiger partial charge on any atom is 0.321 e. The Labute approximate surface area is 170 Å². The van der Waals surface area contributed by atoms with Gasteiger partial charge in [0.25, 0.3) is 0 Å². The first kappa shape index (κ1) is 18.9. The van der Waals surface area contributed by atoms with E-state index in [2.05, 4.69) is 10.1 Å². The zero-order chi connectivity index (χ0) is 20.5. The van der Waals surface area contributed by atoms with Gasteiger partial charge in [0, 0.05) is 23.0 Å². The van der Waals surface area contributed by atoms with Crippen molar-refractivity contribution in [2.24, 2.45) is 0 Å². The van der Waals surface area contributed by atoms with Crippen molar-refractivity contribution in [2.45, 2.75) is 20.4 Å². The fourth-order valence-corrected chi connectivity index (χ4v) is 3.30. The lowest BCUT2D eigenvalue weighted by atomic mass is 10.1. The van der Waals surface area contributed by atoms with Gasteiger partial charge < -0.3 is 4.52 Å². The van der Waals surface area contributed by atoms with Gasteiger partial charge in [0.15, 0.2) is 0 Å². The molecule has 0 saturated carbocycles. The first-order chi connectivity index (χ1) is 13.9. The van der Waals surface area contributed by atoms with Crippen LogP contribution in [0.5, 0.6) is 0 Å². The van der Waals surface area contributed by atoms with Crippen molar-refractivity contribution >= 4 is 11.6 Å². The number of benzene rings is 2. The van der Waals surface area contributed by atoms with Crippen molar-refractivity contribution in [1.29, 1.82) is 0 Å². The molecule has 0 amide bonds. The van der Waals surface area contributed by atoms with E-state index in [0.29, 0.717) is 16.5 Å². The Kier molecular flexibility index (Phi) is 4.90. The Hall–Kier alpha value is -3.45. The zero-order valence-corrected chi connectivity index (χ0v) is 16.6. The van der Waals surface area contributed by atoms with Gasteiger partial charge in [-0.05, 0) is 49.2 Å². The second-order valence-corrected chi connectivity index (χ2v) is 7.10. The summed E-state index contributed by atoms with van der Waals surface area (Å²) in [6, 6.07) is 12.7. The predicted molar refractivity (Wildman–Crippen MR) is 110 cm³/mol. The van der Waals surface area contributed by atoms with Crippen LogP contribution in [0, 0.1) is 13.8 Å². The zero-order valence-electron chi connectivity index (χ0n) is 15.8. The van der Waals surface area contributed by atoms with E-state index in [0.717, 1.165) is 16.7 Å².